The molecule has 1 aliphatic rings. The number of aryl methyl sites for hydroxylation is 1. The normalized spacial score (nSPS) is 15.3. The molecule has 0 aromatic carbocycles. The van der Waals surface area contributed by atoms with Gasteiger partial charge in [-0.05, 0) is 19.3 Å². The molecule has 2 N–H and O–H groups in total. The standard InChI is InChI=1S/C12H20N4S.HI/c1-3-10-8-15-11(17-10)6-7-14-12(13)16(2)9-4-5-9;/h8-9H,3-7H2,1-2H3,(H2,13,14);1H. The summed E-state index contributed by atoms with van der Waals surface area (Å²) in [7, 11) is 2.02. The molecule has 0 aliphatic heterocycles. The monoisotopic (exact) mass is 380 g/mol. The molecule has 1 heterocycles. The van der Waals surface area contributed by atoms with Crippen molar-refractivity contribution in [3.05, 3.63) is 16.1 Å². The first kappa shape index (κ1) is 15.7. The molecule has 0 amide bonds. The number of rotatable bonds is 5. The van der Waals surface area contributed by atoms with Gasteiger partial charge in [-0.25, -0.2) is 4.98 Å². The van der Waals surface area contributed by atoms with Crippen LogP contribution in [-0.4, -0.2) is 35.5 Å². The SMILES string of the molecule is CCc1cnc(CCN=C(N)N(C)C2CC2)s1.I. The van der Waals surface area contributed by atoms with E-state index >= 15 is 0 Å². The maximum Gasteiger partial charge on any atom is 0.191 e. The second-order valence-corrected chi connectivity index (χ2v) is 5.61. The Labute approximate surface area is 130 Å². The van der Waals surface area contributed by atoms with Crippen molar-refractivity contribution in [2.24, 2.45) is 10.7 Å². The van der Waals surface area contributed by atoms with Crippen LogP contribution in [-0.2, 0) is 12.8 Å². The number of thiazole rings is 1. The topological polar surface area (TPSA) is 54.5 Å². The van der Waals surface area contributed by atoms with Gasteiger partial charge in [0, 0.05) is 37.1 Å². The van der Waals surface area contributed by atoms with E-state index in [1.807, 2.05) is 13.2 Å². The average Bonchev–Trinajstić information content (AvgIpc) is 3.08. The molecular formula is C12H21IN4S. The van der Waals surface area contributed by atoms with Crippen molar-refractivity contribution in [3.8, 4) is 0 Å². The first-order chi connectivity index (χ1) is 8.20. The third kappa shape index (κ3) is 4.38. The molecule has 1 fully saturated rings. The summed E-state index contributed by atoms with van der Waals surface area (Å²) in [6.45, 7) is 2.89. The summed E-state index contributed by atoms with van der Waals surface area (Å²) < 4.78 is 0. The maximum absolute atomic E-state index is 5.91. The highest BCUT2D eigenvalue weighted by Gasteiger charge is 2.27. The number of nitrogens with two attached hydrogens (primary N) is 1. The van der Waals surface area contributed by atoms with E-state index in [0.29, 0.717) is 12.0 Å². The molecule has 6 heteroatoms. The zero-order valence-corrected chi connectivity index (χ0v) is 14.1. The Morgan fingerprint density at radius 3 is 2.89 bits per heavy atom. The van der Waals surface area contributed by atoms with Gasteiger partial charge < -0.3 is 10.6 Å². The maximum atomic E-state index is 5.91. The molecule has 0 bridgehead atoms. The summed E-state index contributed by atoms with van der Waals surface area (Å²) >= 11 is 1.78. The van der Waals surface area contributed by atoms with E-state index in [2.05, 4.69) is 21.8 Å². The third-order valence-corrected chi connectivity index (χ3v) is 4.21. The molecular weight excluding hydrogens is 359 g/mol. The van der Waals surface area contributed by atoms with Crippen LogP contribution in [0, 0.1) is 0 Å². The zero-order valence-electron chi connectivity index (χ0n) is 10.9. The predicted octanol–water partition coefficient (Wildman–Crippen LogP) is 2.27. The van der Waals surface area contributed by atoms with Crippen molar-refractivity contribution >= 4 is 41.3 Å². The van der Waals surface area contributed by atoms with Gasteiger partial charge >= 0.3 is 0 Å². The van der Waals surface area contributed by atoms with Crippen LogP contribution in [0.2, 0.25) is 0 Å². The summed E-state index contributed by atoms with van der Waals surface area (Å²) in [5.41, 5.74) is 5.91. The second-order valence-electron chi connectivity index (χ2n) is 4.41. The van der Waals surface area contributed by atoms with E-state index in [-0.39, 0.29) is 24.0 Å². The molecule has 0 spiro atoms. The van der Waals surface area contributed by atoms with Crippen LogP contribution in [0.5, 0.6) is 0 Å². The van der Waals surface area contributed by atoms with E-state index < -0.39 is 0 Å². The van der Waals surface area contributed by atoms with Crippen molar-refractivity contribution in [1.29, 1.82) is 0 Å². The summed E-state index contributed by atoms with van der Waals surface area (Å²) in [5, 5.41) is 1.16. The molecule has 2 rings (SSSR count). The van der Waals surface area contributed by atoms with Gasteiger partial charge in [-0.1, -0.05) is 6.92 Å². The molecule has 0 radical (unpaired) electrons. The Morgan fingerprint density at radius 1 is 1.61 bits per heavy atom. The number of halogens is 1. The fourth-order valence-corrected chi connectivity index (χ4v) is 2.50. The lowest BCUT2D eigenvalue weighted by Gasteiger charge is -2.16. The van der Waals surface area contributed by atoms with Gasteiger partial charge in [0.2, 0.25) is 0 Å². The number of hydrogen-bond donors (Lipinski definition) is 1. The van der Waals surface area contributed by atoms with Crippen molar-refractivity contribution in [3.63, 3.8) is 0 Å². The number of aromatic nitrogens is 1. The van der Waals surface area contributed by atoms with E-state index in [1.165, 1.54) is 17.7 Å². The van der Waals surface area contributed by atoms with Gasteiger partial charge in [0.25, 0.3) is 0 Å². The molecule has 1 aliphatic carbocycles. The largest absolute Gasteiger partial charge is 0.370 e. The van der Waals surface area contributed by atoms with Crippen molar-refractivity contribution in [1.82, 2.24) is 9.88 Å². The number of guanidine groups is 1. The molecule has 0 unspecified atom stereocenters. The smallest absolute Gasteiger partial charge is 0.191 e. The lowest BCUT2D eigenvalue weighted by Crippen LogP contribution is -2.35. The molecule has 1 aromatic rings. The van der Waals surface area contributed by atoms with Crippen LogP contribution in [0.3, 0.4) is 0 Å². The minimum absolute atomic E-state index is 0. The Hall–Kier alpha value is -0.370. The van der Waals surface area contributed by atoms with Crippen molar-refractivity contribution in [2.75, 3.05) is 13.6 Å². The first-order valence-corrected chi connectivity index (χ1v) is 6.98. The van der Waals surface area contributed by atoms with E-state index in [0.717, 1.165) is 24.4 Å². The van der Waals surface area contributed by atoms with Crippen LogP contribution in [0.4, 0.5) is 0 Å². The Kier molecular flexibility index (Phi) is 6.34. The highest BCUT2D eigenvalue weighted by Crippen LogP contribution is 2.24. The van der Waals surface area contributed by atoms with Crippen molar-refractivity contribution in [2.45, 2.75) is 38.6 Å². The zero-order chi connectivity index (χ0) is 12.3. The minimum Gasteiger partial charge on any atom is -0.370 e. The van der Waals surface area contributed by atoms with E-state index in [9.17, 15) is 0 Å². The lowest BCUT2D eigenvalue weighted by molar-refractivity contribution is 0.487. The van der Waals surface area contributed by atoms with Crippen LogP contribution in [0.25, 0.3) is 0 Å². The highest BCUT2D eigenvalue weighted by atomic mass is 127. The second kappa shape index (κ2) is 7.28. The van der Waals surface area contributed by atoms with Gasteiger partial charge in [-0.2, -0.15) is 0 Å². The lowest BCUT2D eigenvalue weighted by atomic mass is 10.4. The van der Waals surface area contributed by atoms with Gasteiger partial charge in [-0.3, -0.25) is 4.99 Å². The van der Waals surface area contributed by atoms with Crippen LogP contribution < -0.4 is 5.73 Å². The predicted molar refractivity (Wildman–Crippen MR) is 87.9 cm³/mol. The first-order valence-electron chi connectivity index (χ1n) is 6.17. The van der Waals surface area contributed by atoms with Gasteiger partial charge in [0.1, 0.15) is 0 Å². The average molecular weight is 380 g/mol. The number of aliphatic imine (C=N–C) groups is 1. The Bertz CT molecular complexity index is 401. The van der Waals surface area contributed by atoms with Gasteiger partial charge in [-0.15, -0.1) is 35.3 Å². The summed E-state index contributed by atoms with van der Waals surface area (Å²) in [5.74, 6) is 0.666. The molecule has 1 saturated carbocycles. The fourth-order valence-electron chi connectivity index (χ4n) is 1.65. The number of hydrogen-bond acceptors (Lipinski definition) is 3. The fraction of sp³-hybridized carbons (Fsp3) is 0.667. The molecule has 0 saturated heterocycles. The summed E-state index contributed by atoms with van der Waals surface area (Å²) in [6, 6.07) is 0.630. The van der Waals surface area contributed by atoms with Gasteiger partial charge in [0.15, 0.2) is 5.96 Å². The Balaban J connectivity index is 0.00000162. The Morgan fingerprint density at radius 2 is 2.33 bits per heavy atom. The van der Waals surface area contributed by atoms with E-state index in [1.54, 1.807) is 11.3 Å². The molecule has 4 nitrogen and oxygen atoms in total. The summed E-state index contributed by atoms with van der Waals surface area (Å²) in [4.78, 5) is 12.2. The molecule has 102 valence electrons. The quantitative estimate of drug-likeness (QED) is 0.485. The highest BCUT2D eigenvalue weighted by molar-refractivity contribution is 14.0. The van der Waals surface area contributed by atoms with Crippen LogP contribution in [0.1, 0.15) is 29.7 Å². The molecule has 18 heavy (non-hydrogen) atoms. The van der Waals surface area contributed by atoms with Gasteiger partial charge in [0.05, 0.1) is 5.01 Å². The van der Waals surface area contributed by atoms with Crippen molar-refractivity contribution < 1.29 is 0 Å². The van der Waals surface area contributed by atoms with Crippen LogP contribution >= 0.6 is 35.3 Å². The third-order valence-electron chi connectivity index (χ3n) is 3.01. The summed E-state index contributed by atoms with van der Waals surface area (Å²) in [6.07, 6.45) is 6.42. The molecule has 0 atom stereocenters. The minimum atomic E-state index is 0. The molecule has 1 aromatic heterocycles. The van der Waals surface area contributed by atoms with Crippen LogP contribution in [0.15, 0.2) is 11.2 Å². The number of nitrogens with zero attached hydrogens (tertiary/aromatic N) is 3. The van der Waals surface area contributed by atoms with E-state index in [4.69, 9.17) is 5.73 Å².